The molecule has 0 aromatic heterocycles. The first-order valence-corrected chi connectivity index (χ1v) is 7.95. The van der Waals surface area contributed by atoms with Crippen LogP contribution in [-0.2, 0) is 6.18 Å². The Labute approximate surface area is 151 Å². The third-order valence-electron chi connectivity index (χ3n) is 4.25. The fourth-order valence-corrected chi connectivity index (χ4v) is 3.01. The van der Waals surface area contributed by atoms with E-state index in [2.05, 4.69) is 10.5 Å². The van der Waals surface area contributed by atoms with Crippen molar-refractivity contribution in [2.24, 2.45) is 4.99 Å². The first-order chi connectivity index (χ1) is 12.8. The van der Waals surface area contributed by atoms with Crippen LogP contribution in [0.3, 0.4) is 0 Å². The number of amides is 1. The molecule has 138 valence electrons. The van der Waals surface area contributed by atoms with E-state index >= 15 is 0 Å². The van der Waals surface area contributed by atoms with Crippen molar-refractivity contribution in [1.29, 1.82) is 0 Å². The molecule has 2 aromatic rings. The topological polar surface area (TPSA) is 68.2 Å². The molecule has 0 saturated carbocycles. The highest BCUT2D eigenvalue weighted by molar-refractivity contribution is 6.16. The second-order valence-electron chi connectivity index (χ2n) is 5.97. The van der Waals surface area contributed by atoms with Gasteiger partial charge in [-0.05, 0) is 18.2 Å². The molecule has 0 aliphatic carbocycles. The zero-order valence-electron chi connectivity index (χ0n) is 13.7. The third-order valence-corrected chi connectivity index (χ3v) is 4.25. The van der Waals surface area contributed by atoms with Crippen LogP contribution in [0.2, 0.25) is 0 Å². The molecule has 0 radical (unpaired) electrons. The van der Waals surface area contributed by atoms with Crippen molar-refractivity contribution in [3.63, 3.8) is 0 Å². The van der Waals surface area contributed by atoms with E-state index < -0.39 is 17.8 Å². The SMILES string of the molecule is O=C(O)N1C=C2CN=C(c3ccccc3)c3cc(C(F)(F)F)ccc3N2N1. The van der Waals surface area contributed by atoms with Gasteiger partial charge in [-0.15, -0.1) is 5.53 Å². The van der Waals surface area contributed by atoms with Gasteiger partial charge in [0.1, 0.15) is 0 Å². The average molecular weight is 374 g/mol. The van der Waals surface area contributed by atoms with Gasteiger partial charge in [0.25, 0.3) is 0 Å². The number of anilines is 1. The minimum Gasteiger partial charge on any atom is -0.464 e. The van der Waals surface area contributed by atoms with Crippen molar-refractivity contribution in [3.05, 3.63) is 77.1 Å². The van der Waals surface area contributed by atoms with Crippen LogP contribution in [0.15, 0.2) is 65.4 Å². The van der Waals surface area contributed by atoms with E-state index in [0.29, 0.717) is 22.7 Å². The van der Waals surface area contributed by atoms with Crippen LogP contribution >= 0.6 is 0 Å². The van der Waals surface area contributed by atoms with E-state index in [1.807, 2.05) is 0 Å². The number of hydrogen-bond acceptors (Lipinski definition) is 4. The molecule has 1 amide bonds. The monoisotopic (exact) mass is 374 g/mol. The molecule has 0 saturated heterocycles. The summed E-state index contributed by atoms with van der Waals surface area (Å²) in [6, 6.07) is 12.2. The summed E-state index contributed by atoms with van der Waals surface area (Å²) >= 11 is 0. The average Bonchev–Trinajstić information content (AvgIpc) is 3.00. The number of hydrazine groups is 2. The second kappa shape index (κ2) is 6.13. The zero-order chi connectivity index (χ0) is 19.2. The highest BCUT2D eigenvalue weighted by Gasteiger charge is 2.35. The number of nitrogens with zero attached hydrogens (tertiary/aromatic N) is 3. The molecule has 2 N–H and O–H groups in total. The smallest absolute Gasteiger partial charge is 0.427 e. The number of aliphatic imine (C=N–C) groups is 1. The number of rotatable bonds is 1. The number of halogens is 3. The standard InChI is InChI=1S/C18H13F3N4O2/c19-18(20,21)12-6-7-15-14(8-12)16(11-4-2-1-3-5-11)22-9-13-10-24(17(26)27)23-25(13)15/h1-8,10,23H,9H2,(H,26,27). The van der Waals surface area contributed by atoms with Crippen molar-refractivity contribution in [1.82, 2.24) is 10.5 Å². The number of fused-ring (bicyclic) bond motifs is 3. The molecule has 6 nitrogen and oxygen atoms in total. The summed E-state index contributed by atoms with van der Waals surface area (Å²) in [6.07, 6.45) is -4.40. The van der Waals surface area contributed by atoms with Gasteiger partial charge in [-0.2, -0.15) is 18.2 Å². The van der Waals surface area contributed by atoms with Crippen molar-refractivity contribution in [2.45, 2.75) is 6.18 Å². The van der Waals surface area contributed by atoms with E-state index in [0.717, 1.165) is 17.1 Å². The van der Waals surface area contributed by atoms with Crippen LogP contribution in [0.5, 0.6) is 0 Å². The van der Waals surface area contributed by atoms with Crippen molar-refractivity contribution >= 4 is 17.5 Å². The predicted octanol–water partition coefficient (Wildman–Crippen LogP) is 3.62. The number of nitrogens with one attached hydrogen (secondary N) is 1. The van der Waals surface area contributed by atoms with Crippen LogP contribution in [0.4, 0.5) is 23.7 Å². The summed E-state index contributed by atoms with van der Waals surface area (Å²) in [4.78, 5) is 15.7. The summed E-state index contributed by atoms with van der Waals surface area (Å²) in [5.41, 5.74) is 4.08. The van der Waals surface area contributed by atoms with Gasteiger partial charge in [0.2, 0.25) is 0 Å². The normalized spacial score (nSPS) is 16.3. The summed E-state index contributed by atoms with van der Waals surface area (Å²) in [5, 5.41) is 11.4. The van der Waals surface area contributed by atoms with Gasteiger partial charge < -0.3 is 5.11 Å². The maximum atomic E-state index is 13.3. The van der Waals surface area contributed by atoms with Gasteiger partial charge in [-0.25, -0.2) is 4.79 Å². The maximum Gasteiger partial charge on any atom is 0.427 e. The Hall–Kier alpha value is -3.33. The molecule has 2 aliphatic rings. The fraction of sp³-hybridized carbons (Fsp3) is 0.111. The van der Waals surface area contributed by atoms with E-state index in [9.17, 15) is 18.0 Å². The lowest BCUT2D eigenvalue weighted by molar-refractivity contribution is -0.137. The highest BCUT2D eigenvalue weighted by atomic mass is 19.4. The Balaban J connectivity index is 1.90. The Morgan fingerprint density at radius 2 is 1.89 bits per heavy atom. The molecule has 9 heteroatoms. The summed E-state index contributed by atoms with van der Waals surface area (Å²) < 4.78 is 39.8. The molecule has 0 unspecified atom stereocenters. The minimum absolute atomic E-state index is 0.108. The molecule has 0 bridgehead atoms. The zero-order valence-corrected chi connectivity index (χ0v) is 13.7. The molecular weight excluding hydrogens is 361 g/mol. The summed E-state index contributed by atoms with van der Waals surface area (Å²) in [6.45, 7) is 0.108. The van der Waals surface area contributed by atoms with E-state index in [-0.39, 0.29) is 12.1 Å². The Morgan fingerprint density at radius 1 is 1.15 bits per heavy atom. The number of carboxylic acid groups (broad SMARTS) is 1. The van der Waals surface area contributed by atoms with Gasteiger partial charge in [-0.1, -0.05) is 30.3 Å². The Kier molecular flexibility index (Phi) is 3.88. The first kappa shape index (κ1) is 17.1. The molecule has 2 aromatic carbocycles. The fourth-order valence-electron chi connectivity index (χ4n) is 3.01. The largest absolute Gasteiger partial charge is 0.464 e. The first-order valence-electron chi connectivity index (χ1n) is 7.95. The van der Waals surface area contributed by atoms with Crippen LogP contribution in [-0.4, -0.2) is 28.5 Å². The summed E-state index contributed by atoms with van der Waals surface area (Å²) in [7, 11) is 0. The molecule has 0 atom stereocenters. The highest BCUT2D eigenvalue weighted by Crippen LogP contribution is 2.36. The Bertz CT molecular complexity index is 970. The molecule has 27 heavy (non-hydrogen) atoms. The van der Waals surface area contributed by atoms with Crippen molar-refractivity contribution < 1.29 is 23.1 Å². The minimum atomic E-state index is -4.51. The van der Waals surface area contributed by atoms with E-state index in [1.54, 1.807) is 30.3 Å². The lowest BCUT2D eigenvalue weighted by Gasteiger charge is -2.24. The predicted molar refractivity (Wildman–Crippen MR) is 92.0 cm³/mol. The van der Waals surface area contributed by atoms with Gasteiger partial charge in [0.15, 0.2) is 0 Å². The van der Waals surface area contributed by atoms with E-state index in [1.165, 1.54) is 17.3 Å². The third kappa shape index (κ3) is 3.02. The molecule has 2 heterocycles. The number of hydrogen-bond donors (Lipinski definition) is 2. The number of alkyl halides is 3. The number of benzene rings is 2. The molecule has 2 aliphatic heterocycles. The molecule has 4 rings (SSSR count). The van der Waals surface area contributed by atoms with Gasteiger partial charge in [0.05, 0.1) is 35.4 Å². The molecule has 0 spiro atoms. The van der Waals surface area contributed by atoms with Gasteiger partial charge >= 0.3 is 12.3 Å². The Morgan fingerprint density at radius 3 is 2.56 bits per heavy atom. The molecular formula is C18H13F3N4O2. The molecule has 0 fully saturated rings. The van der Waals surface area contributed by atoms with Crippen molar-refractivity contribution in [2.75, 3.05) is 11.6 Å². The second-order valence-corrected chi connectivity index (χ2v) is 5.97. The summed E-state index contributed by atoms with van der Waals surface area (Å²) in [5.74, 6) is 0. The van der Waals surface area contributed by atoms with Gasteiger partial charge in [0, 0.05) is 11.1 Å². The maximum absolute atomic E-state index is 13.3. The van der Waals surface area contributed by atoms with Crippen LogP contribution in [0.1, 0.15) is 16.7 Å². The van der Waals surface area contributed by atoms with Crippen molar-refractivity contribution in [3.8, 4) is 0 Å². The van der Waals surface area contributed by atoms with Crippen LogP contribution < -0.4 is 10.5 Å². The van der Waals surface area contributed by atoms with Crippen LogP contribution in [0.25, 0.3) is 0 Å². The number of carbonyl (C=O) groups is 1. The lowest BCUT2D eigenvalue weighted by Crippen LogP contribution is -2.43. The van der Waals surface area contributed by atoms with Crippen LogP contribution in [0, 0.1) is 0 Å². The van der Waals surface area contributed by atoms with Gasteiger partial charge in [-0.3, -0.25) is 10.0 Å². The van der Waals surface area contributed by atoms with E-state index in [4.69, 9.17) is 5.11 Å². The lowest BCUT2D eigenvalue weighted by atomic mass is 9.98. The quantitative estimate of drug-likeness (QED) is 0.800.